The van der Waals surface area contributed by atoms with Gasteiger partial charge in [-0.3, -0.25) is 14.3 Å². The van der Waals surface area contributed by atoms with Crippen molar-refractivity contribution in [2.45, 2.75) is 65.1 Å². The molecule has 0 bridgehead atoms. The van der Waals surface area contributed by atoms with E-state index in [0.717, 1.165) is 50.2 Å². The van der Waals surface area contributed by atoms with Crippen molar-refractivity contribution in [1.82, 2.24) is 25.0 Å². The Bertz CT molecular complexity index is 863. The summed E-state index contributed by atoms with van der Waals surface area (Å²) in [6.45, 7) is 6.04. The number of nitrogens with zero attached hydrogens (tertiary/aromatic N) is 4. The highest BCUT2D eigenvalue weighted by atomic mass is 16.3. The van der Waals surface area contributed by atoms with Gasteiger partial charge in [-0.25, -0.2) is 4.98 Å². The van der Waals surface area contributed by atoms with Crippen LogP contribution in [0, 0.1) is 12.8 Å². The number of oxazole rings is 1. The van der Waals surface area contributed by atoms with Crippen LogP contribution in [-0.2, 0) is 24.3 Å². The van der Waals surface area contributed by atoms with Gasteiger partial charge in [-0.05, 0) is 38.7 Å². The van der Waals surface area contributed by atoms with Crippen LogP contribution in [0.25, 0.3) is 0 Å². The molecule has 1 aliphatic carbocycles. The van der Waals surface area contributed by atoms with Crippen molar-refractivity contribution >= 4 is 11.8 Å². The van der Waals surface area contributed by atoms with E-state index < -0.39 is 0 Å². The van der Waals surface area contributed by atoms with E-state index in [1.54, 1.807) is 0 Å². The minimum atomic E-state index is -0.181. The van der Waals surface area contributed by atoms with Crippen molar-refractivity contribution in [2.24, 2.45) is 5.92 Å². The molecule has 0 saturated heterocycles. The fourth-order valence-electron chi connectivity index (χ4n) is 4.30. The van der Waals surface area contributed by atoms with E-state index in [0.29, 0.717) is 24.4 Å². The van der Waals surface area contributed by atoms with Crippen LogP contribution < -0.4 is 5.32 Å². The number of fused-ring (bicyclic) bond motifs is 1. The number of nitrogens with one attached hydrogen (secondary N) is 1. The first-order valence-electron chi connectivity index (χ1n) is 10.1. The molecule has 2 aromatic rings. The first kappa shape index (κ1) is 18.7. The molecular formula is C20H27N5O3. The third-order valence-electron chi connectivity index (χ3n) is 5.82. The first-order chi connectivity index (χ1) is 13.5. The van der Waals surface area contributed by atoms with Gasteiger partial charge in [0.1, 0.15) is 5.76 Å². The molecule has 2 aromatic heterocycles. The van der Waals surface area contributed by atoms with Crippen molar-refractivity contribution in [3.8, 4) is 0 Å². The molecule has 4 rings (SSSR count). The average Bonchev–Trinajstić information content (AvgIpc) is 3.32. The van der Waals surface area contributed by atoms with Crippen molar-refractivity contribution in [3.05, 3.63) is 35.3 Å². The Balaban J connectivity index is 1.29. The van der Waals surface area contributed by atoms with Crippen LogP contribution in [-0.4, -0.2) is 44.1 Å². The SMILES string of the molecule is CCc1ocnc1C(=O)NC1CCC(C(=O)N2CCn3nc(C)cc3C2)CC1. The Morgan fingerprint density at radius 1 is 1.25 bits per heavy atom. The molecule has 0 radical (unpaired) electrons. The van der Waals surface area contributed by atoms with Crippen LogP contribution in [0.5, 0.6) is 0 Å². The Kier molecular flexibility index (Phi) is 5.19. The Morgan fingerprint density at radius 2 is 2.04 bits per heavy atom. The molecule has 0 atom stereocenters. The van der Waals surface area contributed by atoms with Gasteiger partial charge >= 0.3 is 0 Å². The molecule has 0 unspecified atom stereocenters. The molecule has 1 saturated carbocycles. The zero-order valence-electron chi connectivity index (χ0n) is 16.5. The fraction of sp³-hybridized carbons (Fsp3) is 0.600. The molecular weight excluding hydrogens is 358 g/mol. The van der Waals surface area contributed by atoms with Crippen LogP contribution in [0.4, 0.5) is 0 Å². The Morgan fingerprint density at radius 3 is 2.79 bits per heavy atom. The number of hydrogen-bond acceptors (Lipinski definition) is 5. The van der Waals surface area contributed by atoms with Crippen LogP contribution in [0.1, 0.15) is 60.2 Å². The predicted molar refractivity (Wildman–Crippen MR) is 101 cm³/mol. The lowest BCUT2D eigenvalue weighted by Crippen LogP contribution is -2.44. The first-order valence-corrected chi connectivity index (χ1v) is 10.1. The molecule has 8 heteroatoms. The molecule has 2 amide bonds. The topological polar surface area (TPSA) is 93.3 Å². The van der Waals surface area contributed by atoms with E-state index in [-0.39, 0.29) is 23.8 Å². The molecule has 2 aliphatic rings. The number of aryl methyl sites for hydroxylation is 2. The van der Waals surface area contributed by atoms with Gasteiger partial charge in [0.15, 0.2) is 12.1 Å². The van der Waals surface area contributed by atoms with E-state index in [2.05, 4.69) is 21.5 Å². The van der Waals surface area contributed by atoms with Gasteiger partial charge in [0.2, 0.25) is 5.91 Å². The highest BCUT2D eigenvalue weighted by Crippen LogP contribution is 2.28. The van der Waals surface area contributed by atoms with E-state index in [9.17, 15) is 9.59 Å². The third kappa shape index (κ3) is 3.68. The second-order valence-electron chi connectivity index (χ2n) is 7.76. The second kappa shape index (κ2) is 7.77. The molecule has 28 heavy (non-hydrogen) atoms. The lowest BCUT2D eigenvalue weighted by Gasteiger charge is -2.34. The maximum Gasteiger partial charge on any atom is 0.273 e. The van der Waals surface area contributed by atoms with Gasteiger partial charge in [0.05, 0.1) is 24.5 Å². The van der Waals surface area contributed by atoms with Crippen LogP contribution in [0.15, 0.2) is 16.9 Å². The smallest absolute Gasteiger partial charge is 0.273 e. The van der Waals surface area contributed by atoms with Gasteiger partial charge in [-0.2, -0.15) is 5.10 Å². The number of carbonyl (C=O) groups is 2. The highest BCUT2D eigenvalue weighted by Gasteiger charge is 2.32. The standard InChI is InChI=1S/C20H27N5O3/c1-3-17-18(21-12-28-17)19(26)22-15-6-4-14(5-7-15)20(27)24-8-9-25-16(11-24)10-13(2)23-25/h10,12,14-15H,3-9,11H2,1-2H3,(H,22,26). The third-order valence-corrected chi connectivity index (χ3v) is 5.82. The number of amides is 2. The summed E-state index contributed by atoms with van der Waals surface area (Å²) in [5, 5.41) is 7.51. The maximum absolute atomic E-state index is 13.0. The number of carbonyl (C=O) groups excluding carboxylic acids is 2. The summed E-state index contributed by atoms with van der Waals surface area (Å²) in [6, 6.07) is 2.14. The Hall–Kier alpha value is -2.64. The lowest BCUT2D eigenvalue weighted by molar-refractivity contribution is -0.138. The monoisotopic (exact) mass is 385 g/mol. The highest BCUT2D eigenvalue weighted by molar-refractivity contribution is 5.93. The molecule has 0 aromatic carbocycles. The normalized spacial score (nSPS) is 22.0. The summed E-state index contributed by atoms with van der Waals surface area (Å²) in [6.07, 6.45) is 5.18. The van der Waals surface area contributed by atoms with E-state index in [4.69, 9.17) is 4.42 Å². The zero-order valence-corrected chi connectivity index (χ0v) is 16.5. The van der Waals surface area contributed by atoms with Crippen LogP contribution in [0.2, 0.25) is 0 Å². The number of aromatic nitrogens is 3. The predicted octanol–water partition coefficient (Wildman–Crippen LogP) is 2.07. The average molecular weight is 385 g/mol. The van der Waals surface area contributed by atoms with E-state index in [1.165, 1.54) is 6.39 Å². The minimum absolute atomic E-state index is 0.0435. The summed E-state index contributed by atoms with van der Waals surface area (Å²) in [5.74, 6) is 0.711. The van der Waals surface area contributed by atoms with E-state index >= 15 is 0 Å². The second-order valence-corrected chi connectivity index (χ2v) is 7.76. The fourth-order valence-corrected chi connectivity index (χ4v) is 4.30. The Labute approximate surface area is 164 Å². The summed E-state index contributed by atoms with van der Waals surface area (Å²) in [4.78, 5) is 31.4. The molecule has 1 fully saturated rings. The van der Waals surface area contributed by atoms with Gasteiger partial charge in [0.25, 0.3) is 5.91 Å². The minimum Gasteiger partial charge on any atom is -0.448 e. The van der Waals surface area contributed by atoms with Crippen molar-refractivity contribution < 1.29 is 14.0 Å². The maximum atomic E-state index is 13.0. The quantitative estimate of drug-likeness (QED) is 0.870. The van der Waals surface area contributed by atoms with Crippen molar-refractivity contribution in [2.75, 3.05) is 6.54 Å². The zero-order chi connectivity index (χ0) is 19.7. The molecule has 1 aliphatic heterocycles. The van der Waals surface area contributed by atoms with E-state index in [1.807, 2.05) is 23.4 Å². The largest absolute Gasteiger partial charge is 0.448 e. The van der Waals surface area contributed by atoms with Gasteiger partial charge < -0.3 is 14.6 Å². The lowest BCUT2D eigenvalue weighted by atomic mass is 9.85. The number of rotatable bonds is 4. The van der Waals surface area contributed by atoms with Crippen molar-refractivity contribution in [3.63, 3.8) is 0 Å². The molecule has 8 nitrogen and oxygen atoms in total. The molecule has 0 spiro atoms. The summed E-state index contributed by atoms with van der Waals surface area (Å²) in [7, 11) is 0. The molecule has 1 N–H and O–H groups in total. The summed E-state index contributed by atoms with van der Waals surface area (Å²) >= 11 is 0. The van der Waals surface area contributed by atoms with Crippen molar-refractivity contribution in [1.29, 1.82) is 0 Å². The van der Waals surface area contributed by atoms with Gasteiger partial charge in [-0.1, -0.05) is 6.92 Å². The summed E-state index contributed by atoms with van der Waals surface area (Å²) < 4.78 is 7.24. The van der Waals surface area contributed by atoms with Gasteiger partial charge in [0, 0.05) is 24.9 Å². The summed E-state index contributed by atoms with van der Waals surface area (Å²) in [5.41, 5.74) is 2.48. The molecule has 150 valence electrons. The van der Waals surface area contributed by atoms with Crippen LogP contribution in [0.3, 0.4) is 0 Å². The number of hydrogen-bond donors (Lipinski definition) is 1. The molecule has 3 heterocycles. The van der Waals surface area contributed by atoms with Crippen LogP contribution >= 0.6 is 0 Å². The van der Waals surface area contributed by atoms with Gasteiger partial charge in [-0.15, -0.1) is 0 Å².